The number of alkyl halides is 3. The number of carbonyl (C=O) groups excluding carboxylic acids is 1. The van der Waals surface area contributed by atoms with Gasteiger partial charge in [0.1, 0.15) is 11.6 Å². The normalized spacial score (nSPS) is 14.6. The van der Waals surface area contributed by atoms with Gasteiger partial charge >= 0.3 is 6.18 Å². The highest BCUT2D eigenvalue weighted by atomic mass is 19.4. The summed E-state index contributed by atoms with van der Waals surface area (Å²) in [4.78, 5) is 28.6. The minimum absolute atomic E-state index is 0.0259. The van der Waals surface area contributed by atoms with Crippen molar-refractivity contribution in [2.75, 3.05) is 13.2 Å². The molecule has 1 aliphatic rings. The van der Waals surface area contributed by atoms with Crippen LogP contribution in [0.25, 0.3) is 22.6 Å². The molecule has 0 fully saturated rings. The van der Waals surface area contributed by atoms with Crippen molar-refractivity contribution in [1.82, 2.24) is 14.9 Å². The largest absolute Gasteiger partial charge is 0.484 e. The van der Waals surface area contributed by atoms with Crippen molar-refractivity contribution in [3.63, 3.8) is 0 Å². The Morgan fingerprint density at radius 3 is 2.66 bits per heavy atom. The molecule has 0 spiro atoms. The number of rotatable bonds is 5. The van der Waals surface area contributed by atoms with Crippen molar-refractivity contribution in [3.8, 4) is 5.75 Å². The van der Waals surface area contributed by atoms with Crippen LogP contribution in [0.1, 0.15) is 30.3 Å². The molecule has 0 radical (unpaired) electrons. The molecule has 6 nitrogen and oxygen atoms in total. The molecule has 0 atom stereocenters. The lowest BCUT2D eigenvalue weighted by atomic mass is 10.1. The Morgan fingerprint density at radius 1 is 1.22 bits per heavy atom. The maximum atomic E-state index is 13.1. The first-order valence-electron chi connectivity index (χ1n) is 10.1. The number of ether oxygens (including phenoxy) is 1. The van der Waals surface area contributed by atoms with E-state index in [2.05, 4.69) is 10.3 Å². The molecule has 2 heterocycles. The summed E-state index contributed by atoms with van der Waals surface area (Å²) in [7, 11) is 0. The average molecular weight is 443 g/mol. The summed E-state index contributed by atoms with van der Waals surface area (Å²) in [5.74, 6) is 0.697. The van der Waals surface area contributed by atoms with E-state index in [1.807, 2.05) is 13.0 Å². The van der Waals surface area contributed by atoms with Crippen molar-refractivity contribution in [3.05, 3.63) is 69.8 Å². The minimum Gasteiger partial charge on any atom is -0.484 e. The maximum Gasteiger partial charge on any atom is 0.416 e. The molecule has 3 aromatic rings. The lowest BCUT2D eigenvalue weighted by molar-refractivity contribution is -0.137. The zero-order chi connectivity index (χ0) is 22.9. The maximum absolute atomic E-state index is 13.1. The number of aromatic nitrogens is 2. The molecule has 4 rings (SSSR count). The molecule has 2 aromatic carbocycles. The minimum atomic E-state index is -4.51. The van der Waals surface area contributed by atoms with Gasteiger partial charge in [-0.15, -0.1) is 0 Å². The summed E-state index contributed by atoms with van der Waals surface area (Å²) in [5, 5.41) is 2.81. The fourth-order valence-corrected chi connectivity index (χ4v) is 3.59. The predicted molar refractivity (Wildman–Crippen MR) is 114 cm³/mol. The molecule has 1 amide bonds. The monoisotopic (exact) mass is 443 g/mol. The van der Waals surface area contributed by atoms with Crippen LogP contribution in [0.15, 0.2) is 47.3 Å². The summed E-state index contributed by atoms with van der Waals surface area (Å²) < 4.78 is 46.1. The molecule has 32 heavy (non-hydrogen) atoms. The van der Waals surface area contributed by atoms with Gasteiger partial charge in [0, 0.05) is 13.1 Å². The number of halogens is 3. The first-order chi connectivity index (χ1) is 15.3. The third-order valence-corrected chi connectivity index (χ3v) is 5.14. The van der Waals surface area contributed by atoms with E-state index in [4.69, 9.17) is 4.74 Å². The van der Waals surface area contributed by atoms with E-state index in [0.29, 0.717) is 31.1 Å². The van der Waals surface area contributed by atoms with Crippen LogP contribution in [-0.4, -0.2) is 28.6 Å². The molecule has 9 heteroatoms. The molecular formula is C23H20F3N3O3. The van der Waals surface area contributed by atoms with E-state index in [0.717, 1.165) is 23.3 Å². The van der Waals surface area contributed by atoms with Gasteiger partial charge in [0.25, 0.3) is 11.5 Å². The zero-order valence-corrected chi connectivity index (χ0v) is 17.2. The number of allylic oxidation sites excluding steroid dienone is 1. The highest BCUT2D eigenvalue weighted by Gasteiger charge is 2.31. The number of likely N-dealkylation sites (N-methyl/N-ethyl adjacent to an activating group) is 1. The smallest absolute Gasteiger partial charge is 0.416 e. The number of fused-ring (bicyclic) bond motifs is 2. The first kappa shape index (κ1) is 21.6. The summed E-state index contributed by atoms with van der Waals surface area (Å²) in [6, 6.07) is 10.0. The van der Waals surface area contributed by atoms with Crippen LogP contribution in [-0.2, 0) is 17.5 Å². The molecule has 1 aliphatic heterocycles. The zero-order valence-electron chi connectivity index (χ0n) is 17.2. The van der Waals surface area contributed by atoms with E-state index >= 15 is 0 Å². The standard InChI is InChI=1S/C23H20F3N3O3/c1-2-27-20(30)13-32-17-6-3-14(4-7-17)11-15-9-10-29-21(15)28-19-12-16(23(24,25)26)5-8-18(19)22(29)31/h3-8,11-12H,2,9-10,13H2,1H3,(H,27,30)/b15-11-. The summed E-state index contributed by atoms with van der Waals surface area (Å²) in [6.45, 7) is 2.68. The second kappa shape index (κ2) is 8.49. The van der Waals surface area contributed by atoms with Crippen molar-refractivity contribution in [2.45, 2.75) is 26.1 Å². The Kier molecular flexibility index (Phi) is 5.73. The van der Waals surface area contributed by atoms with Gasteiger partial charge < -0.3 is 10.1 Å². The van der Waals surface area contributed by atoms with Crippen LogP contribution in [0.2, 0.25) is 0 Å². The number of benzene rings is 2. The van der Waals surface area contributed by atoms with Crippen LogP contribution in [0, 0.1) is 0 Å². The highest BCUT2D eigenvalue weighted by Crippen LogP contribution is 2.32. The van der Waals surface area contributed by atoms with E-state index in [1.165, 1.54) is 10.6 Å². The van der Waals surface area contributed by atoms with Crippen molar-refractivity contribution >= 4 is 28.5 Å². The molecule has 1 aromatic heterocycles. The molecule has 0 aliphatic carbocycles. The van der Waals surface area contributed by atoms with Crippen molar-refractivity contribution in [2.24, 2.45) is 0 Å². The SMILES string of the molecule is CCNC(=O)COc1ccc(/C=C2/CCn3c2nc2cc(C(F)(F)F)ccc2c3=O)cc1. The molecular weight excluding hydrogens is 423 g/mol. The molecule has 0 saturated heterocycles. The Hall–Kier alpha value is -3.62. The lowest BCUT2D eigenvalue weighted by Crippen LogP contribution is -2.28. The van der Waals surface area contributed by atoms with Crippen LogP contribution in [0.5, 0.6) is 5.75 Å². The third-order valence-electron chi connectivity index (χ3n) is 5.14. The topological polar surface area (TPSA) is 73.2 Å². The second-order valence-corrected chi connectivity index (χ2v) is 7.35. The van der Waals surface area contributed by atoms with Gasteiger partial charge in [-0.05, 0) is 60.9 Å². The van der Waals surface area contributed by atoms with Gasteiger partial charge in [0.05, 0.1) is 16.5 Å². The number of carbonyl (C=O) groups is 1. The number of nitrogens with zero attached hydrogens (tertiary/aromatic N) is 2. The molecule has 1 N–H and O–H groups in total. The predicted octanol–water partition coefficient (Wildman–Crippen LogP) is 3.87. The van der Waals surface area contributed by atoms with Crippen LogP contribution in [0.4, 0.5) is 13.2 Å². The van der Waals surface area contributed by atoms with Gasteiger partial charge in [-0.1, -0.05) is 12.1 Å². The van der Waals surface area contributed by atoms with Gasteiger partial charge in [-0.2, -0.15) is 13.2 Å². The van der Waals surface area contributed by atoms with Gasteiger partial charge in [0.15, 0.2) is 6.61 Å². The number of hydrogen-bond acceptors (Lipinski definition) is 4. The fraction of sp³-hybridized carbons (Fsp3) is 0.261. The second-order valence-electron chi connectivity index (χ2n) is 7.35. The van der Waals surface area contributed by atoms with Gasteiger partial charge in [-0.25, -0.2) is 4.98 Å². The summed E-state index contributed by atoms with van der Waals surface area (Å²) in [5.41, 5.74) is 0.414. The van der Waals surface area contributed by atoms with E-state index in [9.17, 15) is 22.8 Å². The Balaban J connectivity index is 1.62. The van der Waals surface area contributed by atoms with E-state index < -0.39 is 11.7 Å². The van der Waals surface area contributed by atoms with Crippen LogP contribution >= 0.6 is 0 Å². The molecule has 0 unspecified atom stereocenters. The van der Waals surface area contributed by atoms with Crippen LogP contribution < -0.4 is 15.6 Å². The van der Waals surface area contributed by atoms with E-state index in [1.54, 1.807) is 24.3 Å². The summed E-state index contributed by atoms with van der Waals surface area (Å²) >= 11 is 0. The fourth-order valence-electron chi connectivity index (χ4n) is 3.59. The number of nitrogens with one attached hydrogen (secondary N) is 1. The van der Waals surface area contributed by atoms with E-state index in [-0.39, 0.29) is 29.0 Å². The van der Waals surface area contributed by atoms with Gasteiger partial charge in [-0.3, -0.25) is 14.2 Å². The quantitative estimate of drug-likeness (QED) is 0.650. The Bertz CT molecular complexity index is 1260. The molecule has 0 bridgehead atoms. The number of hydrogen-bond donors (Lipinski definition) is 1. The Labute approximate surface area is 181 Å². The van der Waals surface area contributed by atoms with Crippen LogP contribution in [0.3, 0.4) is 0 Å². The van der Waals surface area contributed by atoms with Gasteiger partial charge in [0.2, 0.25) is 0 Å². The average Bonchev–Trinajstić information content (AvgIpc) is 3.15. The first-order valence-corrected chi connectivity index (χ1v) is 10.1. The van der Waals surface area contributed by atoms with Crippen molar-refractivity contribution in [1.29, 1.82) is 0 Å². The third kappa shape index (κ3) is 4.37. The Morgan fingerprint density at radius 2 is 1.97 bits per heavy atom. The molecule has 166 valence electrons. The highest BCUT2D eigenvalue weighted by molar-refractivity contribution is 5.85. The lowest BCUT2D eigenvalue weighted by Gasteiger charge is -2.09. The molecule has 0 saturated carbocycles. The summed E-state index contributed by atoms with van der Waals surface area (Å²) in [6.07, 6.45) is -2.12. The van der Waals surface area contributed by atoms with Crippen molar-refractivity contribution < 1.29 is 22.7 Å². The number of amides is 1.